The maximum atomic E-state index is 11.7. The first-order valence-corrected chi connectivity index (χ1v) is 6.91. The molecular weight excluding hydrogens is 248 g/mol. The molecule has 0 aromatic rings. The van der Waals surface area contributed by atoms with Gasteiger partial charge in [0.15, 0.2) is 0 Å². The summed E-state index contributed by atoms with van der Waals surface area (Å²) < 4.78 is 24.2. The Balaban J connectivity index is 4.75. The fourth-order valence-electron chi connectivity index (χ4n) is 1.19. The van der Waals surface area contributed by atoms with Crippen molar-refractivity contribution < 1.29 is 23.1 Å². The van der Waals surface area contributed by atoms with Crippen LogP contribution in [0.3, 0.4) is 0 Å². The van der Waals surface area contributed by atoms with Crippen LogP contribution in [0, 0.1) is 0 Å². The van der Waals surface area contributed by atoms with E-state index in [-0.39, 0.29) is 6.42 Å². The molecule has 17 heavy (non-hydrogen) atoms. The predicted octanol–water partition coefficient (Wildman–Crippen LogP) is -0.706. The molecule has 0 aromatic heterocycles. The van der Waals surface area contributed by atoms with Gasteiger partial charge in [0.2, 0.25) is 15.9 Å². The Kier molecular flexibility index (Phi) is 5.09. The molecular formula is C9H18N2O5S. The average Bonchev–Trinajstić information content (AvgIpc) is 2.08. The second-order valence-corrected chi connectivity index (χ2v) is 6.02. The smallest absolute Gasteiger partial charge is 0.326 e. The molecule has 0 aliphatic rings. The van der Waals surface area contributed by atoms with Crippen LogP contribution in [0.25, 0.3) is 0 Å². The predicted molar refractivity (Wildman–Crippen MR) is 61.9 cm³/mol. The van der Waals surface area contributed by atoms with Crippen LogP contribution >= 0.6 is 0 Å². The second kappa shape index (κ2) is 5.46. The van der Waals surface area contributed by atoms with Gasteiger partial charge in [-0.1, -0.05) is 6.92 Å². The molecule has 0 aromatic carbocycles. The fourth-order valence-corrected chi connectivity index (χ4v) is 2.21. The van der Waals surface area contributed by atoms with Crippen molar-refractivity contribution in [1.29, 1.82) is 0 Å². The molecule has 0 saturated carbocycles. The largest absolute Gasteiger partial charge is 0.480 e. The molecule has 0 radical (unpaired) electrons. The highest BCUT2D eigenvalue weighted by molar-refractivity contribution is 7.88. The van der Waals surface area contributed by atoms with E-state index in [0.29, 0.717) is 0 Å². The van der Waals surface area contributed by atoms with Gasteiger partial charge in [-0.15, -0.1) is 0 Å². The summed E-state index contributed by atoms with van der Waals surface area (Å²) in [6.07, 6.45) is 1.15. The van der Waals surface area contributed by atoms with Crippen molar-refractivity contribution in [1.82, 2.24) is 10.0 Å². The molecule has 8 heteroatoms. The number of amides is 1. The highest BCUT2D eigenvalue weighted by atomic mass is 32.2. The molecule has 1 atom stereocenters. The number of hydrogen-bond donors (Lipinski definition) is 3. The van der Waals surface area contributed by atoms with Crippen LogP contribution in [-0.4, -0.2) is 43.2 Å². The Morgan fingerprint density at radius 3 is 2.12 bits per heavy atom. The maximum Gasteiger partial charge on any atom is 0.326 e. The zero-order valence-electron chi connectivity index (χ0n) is 10.3. The number of aliphatic carboxylic acids is 1. The van der Waals surface area contributed by atoms with Crippen LogP contribution in [-0.2, 0) is 19.6 Å². The van der Waals surface area contributed by atoms with Crippen molar-refractivity contribution in [2.24, 2.45) is 0 Å². The highest BCUT2D eigenvalue weighted by Crippen LogP contribution is 2.05. The summed E-state index contributed by atoms with van der Waals surface area (Å²) in [6.45, 7) is 4.33. The zero-order valence-corrected chi connectivity index (χ0v) is 11.1. The van der Waals surface area contributed by atoms with Crippen molar-refractivity contribution in [2.45, 2.75) is 38.8 Å². The topological polar surface area (TPSA) is 113 Å². The van der Waals surface area contributed by atoms with E-state index in [1.807, 2.05) is 0 Å². The fraction of sp³-hybridized carbons (Fsp3) is 0.778. The molecule has 0 fully saturated rings. The van der Waals surface area contributed by atoms with E-state index >= 15 is 0 Å². The van der Waals surface area contributed by atoms with Gasteiger partial charge in [-0.05, 0) is 20.3 Å². The summed E-state index contributed by atoms with van der Waals surface area (Å²) in [6, 6.07) is -1.02. The highest BCUT2D eigenvalue weighted by Gasteiger charge is 2.33. The van der Waals surface area contributed by atoms with Crippen LogP contribution in [0.1, 0.15) is 27.2 Å². The van der Waals surface area contributed by atoms with E-state index in [9.17, 15) is 18.0 Å². The maximum absolute atomic E-state index is 11.7. The lowest BCUT2D eigenvalue weighted by molar-refractivity contribution is -0.142. The summed E-state index contributed by atoms with van der Waals surface area (Å²) in [7, 11) is -3.55. The number of carboxylic acids is 1. The van der Waals surface area contributed by atoms with E-state index in [2.05, 4.69) is 10.0 Å². The first-order valence-electron chi connectivity index (χ1n) is 5.02. The Hall–Kier alpha value is -1.15. The van der Waals surface area contributed by atoms with Gasteiger partial charge in [0, 0.05) is 0 Å². The zero-order chi connectivity index (χ0) is 13.9. The summed E-state index contributed by atoms with van der Waals surface area (Å²) >= 11 is 0. The van der Waals surface area contributed by atoms with E-state index in [4.69, 9.17) is 5.11 Å². The van der Waals surface area contributed by atoms with Gasteiger partial charge in [-0.2, -0.15) is 0 Å². The SMILES string of the molecule is CCC(NC(=O)C(C)(C)NS(C)(=O)=O)C(=O)O. The number of nitrogens with one attached hydrogen (secondary N) is 2. The van der Waals surface area contributed by atoms with Gasteiger partial charge in [-0.25, -0.2) is 17.9 Å². The van der Waals surface area contributed by atoms with Gasteiger partial charge in [0.25, 0.3) is 0 Å². The number of carboxylic acid groups (broad SMARTS) is 1. The summed E-state index contributed by atoms with van der Waals surface area (Å²) in [5.41, 5.74) is -1.39. The molecule has 0 aliphatic heterocycles. The minimum Gasteiger partial charge on any atom is -0.480 e. The van der Waals surface area contributed by atoms with Crippen molar-refractivity contribution in [3.05, 3.63) is 0 Å². The molecule has 0 saturated heterocycles. The van der Waals surface area contributed by atoms with Gasteiger partial charge < -0.3 is 10.4 Å². The standard InChI is InChI=1S/C9H18N2O5S/c1-5-6(7(12)13)10-8(14)9(2,3)11-17(4,15)16/h6,11H,5H2,1-4H3,(H,10,14)(H,12,13). The van der Waals surface area contributed by atoms with E-state index < -0.39 is 33.5 Å². The number of rotatable bonds is 6. The van der Waals surface area contributed by atoms with Gasteiger partial charge in [0.1, 0.15) is 11.6 Å². The van der Waals surface area contributed by atoms with Gasteiger partial charge >= 0.3 is 5.97 Å². The van der Waals surface area contributed by atoms with Crippen LogP contribution in [0.2, 0.25) is 0 Å². The van der Waals surface area contributed by atoms with Crippen molar-refractivity contribution in [3.63, 3.8) is 0 Å². The van der Waals surface area contributed by atoms with E-state index in [0.717, 1.165) is 6.26 Å². The second-order valence-electron chi connectivity index (χ2n) is 4.27. The lowest BCUT2D eigenvalue weighted by Crippen LogP contribution is -2.57. The minimum atomic E-state index is -3.55. The van der Waals surface area contributed by atoms with Crippen LogP contribution in [0.4, 0.5) is 0 Å². The Bertz CT molecular complexity index is 402. The first-order chi connectivity index (χ1) is 7.49. The number of carbonyl (C=O) groups excluding carboxylic acids is 1. The third-order valence-corrected chi connectivity index (χ3v) is 2.90. The molecule has 1 amide bonds. The third-order valence-electron chi connectivity index (χ3n) is 2.02. The first kappa shape index (κ1) is 15.9. The van der Waals surface area contributed by atoms with Crippen molar-refractivity contribution in [2.75, 3.05) is 6.26 Å². The van der Waals surface area contributed by atoms with E-state index in [1.165, 1.54) is 13.8 Å². The summed E-state index contributed by atoms with van der Waals surface area (Å²) in [5.74, 6) is -1.84. The lowest BCUT2D eigenvalue weighted by Gasteiger charge is -2.25. The molecule has 0 heterocycles. The Morgan fingerprint density at radius 2 is 1.82 bits per heavy atom. The van der Waals surface area contributed by atoms with Gasteiger partial charge in [-0.3, -0.25) is 4.79 Å². The number of sulfonamides is 1. The Labute approximate surface area is 101 Å². The minimum absolute atomic E-state index is 0.218. The normalized spacial score (nSPS) is 14.1. The molecule has 1 unspecified atom stereocenters. The summed E-state index contributed by atoms with van der Waals surface area (Å²) in [4.78, 5) is 22.4. The summed E-state index contributed by atoms with van der Waals surface area (Å²) in [5, 5.41) is 11.0. The monoisotopic (exact) mass is 266 g/mol. The molecule has 3 N–H and O–H groups in total. The van der Waals surface area contributed by atoms with Crippen LogP contribution in [0.15, 0.2) is 0 Å². The van der Waals surface area contributed by atoms with Crippen molar-refractivity contribution in [3.8, 4) is 0 Å². The number of carbonyl (C=O) groups is 2. The molecule has 0 rings (SSSR count). The average molecular weight is 266 g/mol. The quantitative estimate of drug-likeness (QED) is 0.588. The molecule has 100 valence electrons. The third kappa shape index (κ3) is 5.64. The Morgan fingerprint density at radius 1 is 1.35 bits per heavy atom. The number of hydrogen-bond acceptors (Lipinski definition) is 4. The molecule has 0 spiro atoms. The molecule has 7 nitrogen and oxygen atoms in total. The lowest BCUT2D eigenvalue weighted by atomic mass is 10.1. The van der Waals surface area contributed by atoms with Gasteiger partial charge in [0.05, 0.1) is 6.26 Å². The molecule has 0 aliphatic carbocycles. The van der Waals surface area contributed by atoms with Crippen LogP contribution in [0.5, 0.6) is 0 Å². The van der Waals surface area contributed by atoms with Crippen LogP contribution < -0.4 is 10.0 Å². The molecule has 0 bridgehead atoms. The van der Waals surface area contributed by atoms with Crippen molar-refractivity contribution >= 4 is 21.9 Å². The van der Waals surface area contributed by atoms with E-state index in [1.54, 1.807) is 6.92 Å².